The number of hydrogen-bond acceptors (Lipinski definition) is 5. The van der Waals surface area contributed by atoms with Crippen molar-refractivity contribution in [2.75, 3.05) is 4.90 Å². The van der Waals surface area contributed by atoms with Crippen LogP contribution in [-0.2, 0) is 27.2 Å². The lowest BCUT2D eigenvalue weighted by Crippen LogP contribution is -2.62. The number of nitrogens with zero attached hydrogens (tertiary/aromatic N) is 1. The van der Waals surface area contributed by atoms with E-state index in [1.54, 1.807) is 24.3 Å². The van der Waals surface area contributed by atoms with Gasteiger partial charge < -0.3 is 10.2 Å². The van der Waals surface area contributed by atoms with Crippen LogP contribution in [0, 0.1) is 11.8 Å². The number of aliphatic hydroxyl groups is 1. The summed E-state index contributed by atoms with van der Waals surface area (Å²) in [5.74, 6) is -4.58. The maximum atomic E-state index is 13.9. The highest BCUT2D eigenvalue weighted by molar-refractivity contribution is 9.10. The Bertz CT molecular complexity index is 1090. The predicted molar refractivity (Wildman–Crippen MR) is 127 cm³/mol. The molecule has 33 heavy (non-hydrogen) atoms. The minimum absolute atomic E-state index is 0.440. The van der Waals surface area contributed by atoms with Crippen molar-refractivity contribution >= 4 is 39.4 Å². The van der Waals surface area contributed by atoms with E-state index in [0.717, 1.165) is 15.6 Å². The number of amides is 2. The van der Waals surface area contributed by atoms with Crippen molar-refractivity contribution in [2.24, 2.45) is 11.8 Å². The highest BCUT2D eigenvalue weighted by atomic mass is 79.9. The first-order valence-corrected chi connectivity index (χ1v) is 11.9. The normalized spacial score (nSPS) is 27.7. The zero-order valence-electron chi connectivity index (χ0n) is 18.7. The van der Waals surface area contributed by atoms with Crippen molar-refractivity contribution in [3.8, 4) is 0 Å². The SMILES string of the molecule is CCc1cccc(CC)c1N1C(=O)C2C(c3ccc(Br)cc3)NC(C(=O)O)(C(C)O)C2C1=O. The minimum atomic E-state index is -1.99. The average Bonchev–Trinajstić information content (AvgIpc) is 3.28. The van der Waals surface area contributed by atoms with Crippen LogP contribution in [0.15, 0.2) is 46.9 Å². The van der Waals surface area contributed by atoms with E-state index in [4.69, 9.17) is 0 Å². The standard InChI is InChI=1S/C25H27BrN2O5/c1-4-14-7-6-8-15(5-2)21(14)28-22(30)18-19(23(28)31)25(13(3)29,24(32)33)27-20(18)16-9-11-17(26)12-10-16/h6-13,18-20,27,29H,4-5H2,1-3H3,(H,32,33). The van der Waals surface area contributed by atoms with Gasteiger partial charge in [-0.2, -0.15) is 0 Å². The number of benzene rings is 2. The first kappa shape index (κ1) is 23.6. The Hall–Kier alpha value is -2.55. The van der Waals surface area contributed by atoms with Gasteiger partial charge in [0.05, 0.1) is 23.6 Å². The fourth-order valence-corrected chi connectivity index (χ4v) is 5.64. The Morgan fingerprint density at radius 2 is 1.67 bits per heavy atom. The molecular weight excluding hydrogens is 488 g/mol. The van der Waals surface area contributed by atoms with Gasteiger partial charge in [-0.05, 0) is 48.6 Å². The number of carbonyl (C=O) groups excluding carboxylic acids is 2. The second-order valence-corrected chi connectivity index (χ2v) is 9.59. The summed E-state index contributed by atoms with van der Waals surface area (Å²) in [6, 6.07) is 12.1. The van der Waals surface area contributed by atoms with Crippen LogP contribution < -0.4 is 10.2 Å². The third kappa shape index (κ3) is 3.43. The summed E-state index contributed by atoms with van der Waals surface area (Å²) in [5, 5.41) is 23.9. The van der Waals surface area contributed by atoms with E-state index >= 15 is 0 Å². The number of hydrogen-bond donors (Lipinski definition) is 3. The molecule has 2 aromatic rings. The van der Waals surface area contributed by atoms with Crippen LogP contribution in [0.2, 0.25) is 0 Å². The van der Waals surface area contributed by atoms with Gasteiger partial charge in [-0.1, -0.05) is 60.1 Å². The summed E-state index contributed by atoms with van der Waals surface area (Å²) in [5.41, 5.74) is 0.937. The summed E-state index contributed by atoms with van der Waals surface area (Å²) in [7, 11) is 0. The van der Waals surface area contributed by atoms with E-state index < -0.39 is 47.3 Å². The van der Waals surface area contributed by atoms with Gasteiger partial charge in [0.25, 0.3) is 0 Å². The van der Waals surface area contributed by atoms with Gasteiger partial charge in [-0.25, -0.2) is 4.90 Å². The summed E-state index contributed by atoms with van der Waals surface area (Å²) >= 11 is 3.39. The molecule has 0 radical (unpaired) electrons. The van der Waals surface area contributed by atoms with Gasteiger partial charge in [0.15, 0.2) is 5.54 Å². The van der Waals surface area contributed by atoms with Gasteiger partial charge in [0, 0.05) is 10.5 Å². The molecule has 0 aliphatic carbocycles. The molecule has 2 aromatic carbocycles. The monoisotopic (exact) mass is 514 g/mol. The molecule has 0 spiro atoms. The molecule has 5 atom stereocenters. The summed E-state index contributed by atoms with van der Waals surface area (Å²) in [6.45, 7) is 5.25. The number of carbonyl (C=O) groups is 3. The molecule has 4 rings (SSSR count). The third-order valence-electron chi connectivity index (χ3n) is 7.03. The van der Waals surface area contributed by atoms with E-state index in [1.807, 2.05) is 32.0 Å². The first-order chi connectivity index (χ1) is 15.7. The average molecular weight is 515 g/mol. The van der Waals surface area contributed by atoms with Crippen molar-refractivity contribution in [3.63, 3.8) is 0 Å². The molecule has 7 nitrogen and oxygen atoms in total. The number of nitrogens with one attached hydrogen (secondary N) is 1. The lowest BCUT2D eigenvalue weighted by molar-refractivity contribution is -0.154. The largest absolute Gasteiger partial charge is 0.480 e. The second kappa shape index (κ2) is 8.66. The van der Waals surface area contributed by atoms with E-state index in [2.05, 4.69) is 21.2 Å². The number of aryl methyl sites for hydroxylation is 2. The number of aliphatic carboxylic acids is 1. The number of carboxylic acid groups (broad SMARTS) is 1. The van der Waals surface area contributed by atoms with Crippen LogP contribution in [0.3, 0.4) is 0 Å². The Labute approximate surface area is 200 Å². The Morgan fingerprint density at radius 1 is 1.09 bits per heavy atom. The van der Waals surface area contributed by atoms with Gasteiger partial charge in [-0.15, -0.1) is 0 Å². The maximum Gasteiger partial charge on any atom is 0.327 e. The molecule has 2 aliphatic heterocycles. The predicted octanol–water partition coefficient (Wildman–Crippen LogP) is 3.23. The molecule has 174 valence electrons. The lowest BCUT2D eigenvalue weighted by Gasteiger charge is -2.34. The number of aliphatic hydroxyl groups excluding tert-OH is 1. The maximum absolute atomic E-state index is 13.9. The van der Waals surface area contributed by atoms with E-state index in [-0.39, 0.29) is 0 Å². The fraction of sp³-hybridized carbons (Fsp3) is 0.400. The van der Waals surface area contributed by atoms with Crippen molar-refractivity contribution in [1.29, 1.82) is 0 Å². The van der Waals surface area contributed by atoms with E-state index in [0.29, 0.717) is 24.1 Å². The number of rotatable bonds is 6. The summed E-state index contributed by atoms with van der Waals surface area (Å²) in [6.07, 6.45) is -0.179. The number of para-hydroxylation sites is 1. The molecule has 5 unspecified atom stereocenters. The Morgan fingerprint density at radius 3 is 2.15 bits per heavy atom. The highest BCUT2D eigenvalue weighted by Gasteiger charge is 2.70. The Kier molecular flexibility index (Phi) is 6.20. The number of anilines is 1. The molecule has 2 aliphatic rings. The quantitative estimate of drug-likeness (QED) is 0.511. The van der Waals surface area contributed by atoms with Crippen molar-refractivity contribution < 1.29 is 24.6 Å². The molecule has 8 heteroatoms. The number of carboxylic acids is 1. The molecule has 2 fully saturated rings. The van der Waals surface area contributed by atoms with Crippen LogP contribution in [0.25, 0.3) is 0 Å². The van der Waals surface area contributed by atoms with Crippen molar-refractivity contribution in [2.45, 2.75) is 51.3 Å². The molecule has 2 heterocycles. The summed E-state index contributed by atoms with van der Waals surface area (Å²) in [4.78, 5) is 41.5. The highest BCUT2D eigenvalue weighted by Crippen LogP contribution is 2.51. The number of fused-ring (bicyclic) bond motifs is 1. The van der Waals surface area contributed by atoms with Gasteiger partial charge >= 0.3 is 5.97 Å². The van der Waals surface area contributed by atoms with E-state index in [1.165, 1.54) is 11.8 Å². The minimum Gasteiger partial charge on any atom is -0.480 e. The molecule has 0 bridgehead atoms. The van der Waals surface area contributed by atoms with Gasteiger partial charge in [0.2, 0.25) is 11.8 Å². The van der Waals surface area contributed by atoms with Crippen molar-refractivity contribution in [1.82, 2.24) is 5.32 Å². The van der Waals surface area contributed by atoms with E-state index in [9.17, 15) is 24.6 Å². The number of imide groups is 1. The molecule has 3 N–H and O–H groups in total. The summed E-state index contributed by atoms with van der Waals surface area (Å²) < 4.78 is 0.834. The molecular formula is C25H27BrN2O5. The van der Waals surface area contributed by atoms with Gasteiger partial charge in [-0.3, -0.25) is 19.7 Å². The zero-order valence-corrected chi connectivity index (χ0v) is 20.3. The second-order valence-electron chi connectivity index (χ2n) is 8.67. The fourth-order valence-electron chi connectivity index (χ4n) is 5.38. The number of halogens is 1. The first-order valence-electron chi connectivity index (χ1n) is 11.1. The zero-order chi connectivity index (χ0) is 24.1. The van der Waals surface area contributed by atoms with Crippen molar-refractivity contribution in [3.05, 3.63) is 63.6 Å². The molecule has 0 aromatic heterocycles. The molecule has 0 saturated carbocycles. The van der Waals surface area contributed by atoms with Crippen LogP contribution >= 0.6 is 15.9 Å². The topological polar surface area (TPSA) is 107 Å². The third-order valence-corrected chi connectivity index (χ3v) is 7.55. The van der Waals surface area contributed by atoms with Crippen LogP contribution in [0.4, 0.5) is 5.69 Å². The Balaban J connectivity index is 1.93. The molecule has 2 amide bonds. The molecule has 2 saturated heterocycles. The van der Waals surface area contributed by atoms with Crippen LogP contribution in [0.1, 0.15) is 43.5 Å². The van der Waals surface area contributed by atoms with Crippen LogP contribution in [-0.4, -0.2) is 39.6 Å². The van der Waals surface area contributed by atoms with Gasteiger partial charge in [0.1, 0.15) is 0 Å². The smallest absolute Gasteiger partial charge is 0.327 e. The van der Waals surface area contributed by atoms with Crippen LogP contribution in [0.5, 0.6) is 0 Å². The lowest BCUT2D eigenvalue weighted by atomic mass is 9.76.